The fourth-order valence-electron chi connectivity index (χ4n) is 3.65. The van der Waals surface area contributed by atoms with Crippen molar-refractivity contribution >= 4 is 0 Å². The van der Waals surface area contributed by atoms with Gasteiger partial charge >= 0.3 is 0 Å². The van der Waals surface area contributed by atoms with E-state index in [0.29, 0.717) is 5.92 Å². The minimum Gasteiger partial charge on any atom is -0.423 e. The smallest absolute Gasteiger partial charge is 0.233 e. The summed E-state index contributed by atoms with van der Waals surface area (Å²) >= 11 is 0. The summed E-state index contributed by atoms with van der Waals surface area (Å²) in [6, 6.07) is 0.198. The molecule has 1 aliphatic carbocycles. The maximum Gasteiger partial charge on any atom is 0.233 e. The average molecular weight is 293 g/mol. The molecular formula is C17H31N3O. The Morgan fingerprint density at radius 2 is 1.90 bits per heavy atom. The highest BCUT2D eigenvalue weighted by molar-refractivity contribution is 5.08. The second kappa shape index (κ2) is 7.39. The molecule has 1 saturated carbocycles. The van der Waals surface area contributed by atoms with Gasteiger partial charge in [-0.3, -0.25) is 0 Å². The van der Waals surface area contributed by atoms with Crippen LogP contribution in [-0.2, 0) is 5.41 Å². The third kappa shape index (κ3) is 3.85. The molecule has 21 heavy (non-hydrogen) atoms. The van der Waals surface area contributed by atoms with Crippen molar-refractivity contribution in [3.63, 3.8) is 0 Å². The SMILES string of the molecule is CCCNC(CC)c1nnc(C2(CC(C)C)CCCC2)o1. The molecule has 1 unspecified atom stereocenters. The first-order valence-electron chi connectivity index (χ1n) is 8.68. The van der Waals surface area contributed by atoms with E-state index < -0.39 is 0 Å². The van der Waals surface area contributed by atoms with Crippen molar-refractivity contribution in [3.8, 4) is 0 Å². The Hall–Kier alpha value is -0.900. The van der Waals surface area contributed by atoms with Crippen LogP contribution in [0.15, 0.2) is 4.42 Å². The molecule has 1 N–H and O–H groups in total. The Balaban J connectivity index is 2.16. The first-order valence-corrected chi connectivity index (χ1v) is 8.68. The zero-order valence-corrected chi connectivity index (χ0v) is 14.1. The van der Waals surface area contributed by atoms with Gasteiger partial charge in [-0.15, -0.1) is 10.2 Å². The Bertz CT molecular complexity index is 421. The van der Waals surface area contributed by atoms with E-state index >= 15 is 0 Å². The van der Waals surface area contributed by atoms with E-state index in [1.165, 1.54) is 25.7 Å². The Morgan fingerprint density at radius 1 is 1.19 bits per heavy atom. The van der Waals surface area contributed by atoms with E-state index in [0.717, 1.165) is 37.6 Å². The lowest BCUT2D eigenvalue weighted by molar-refractivity contribution is 0.258. The van der Waals surface area contributed by atoms with Crippen molar-refractivity contribution in [2.75, 3.05) is 6.54 Å². The average Bonchev–Trinajstić information content (AvgIpc) is 3.09. The summed E-state index contributed by atoms with van der Waals surface area (Å²) in [4.78, 5) is 0. The molecule has 1 atom stereocenters. The summed E-state index contributed by atoms with van der Waals surface area (Å²) in [6.45, 7) is 9.91. The van der Waals surface area contributed by atoms with E-state index in [1.807, 2.05) is 0 Å². The molecule has 1 fully saturated rings. The summed E-state index contributed by atoms with van der Waals surface area (Å²) in [5.41, 5.74) is 0.141. The van der Waals surface area contributed by atoms with Gasteiger partial charge < -0.3 is 9.73 Å². The normalized spacial score (nSPS) is 19.3. The van der Waals surface area contributed by atoms with Crippen LogP contribution in [0.5, 0.6) is 0 Å². The third-order valence-electron chi connectivity index (χ3n) is 4.60. The number of hydrogen-bond acceptors (Lipinski definition) is 4. The van der Waals surface area contributed by atoms with Crippen LogP contribution < -0.4 is 5.32 Å². The monoisotopic (exact) mass is 293 g/mol. The minimum absolute atomic E-state index is 0.141. The summed E-state index contributed by atoms with van der Waals surface area (Å²) in [5.74, 6) is 2.33. The Morgan fingerprint density at radius 3 is 2.48 bits per heavy atom. The molecule has 1 aromatic rings. The lowest BCUT2D eigenvalue weighted by atomic mass is 9.78. The van der Waals surface area contributed by atoms with Crippen LogP contribution in [0.1, 0.15) is 90.5 Å². The van der Waals surface area contributed by atoms with Gasteiger partial charge in [0.1, 0.15) is 0 Å². The van der Waals surface area contributed by atoms with Crippen molar-refractivity contribution in [3.05, 3.63) is 11.8 Å². The van der Waals surface area contributed by atoms with Crippen LogP contribution in [0.3, 0.4) is 0 Å². The molecule has 0 amide bonds. The van der Waals surface area contributed by atoms with Crippen LogP contribution >= 0.6 is 0 Å². The van der Waals surface area contributed by atoms with Gasteiger partial charge in [0.2, 0.25) is 11.8 Å². The molecule has 1 heterocycles. The van der Waals surface area contributed by atoms with E-state index in [4.69, 9.17) is 4.42 Å². The zero-order valence-electron chi connectivity index (χ0n) is 14.1. The van der Waals surface area contributed by atoms with Crippen LogP contribution in [0.2, 0.25) is 0 Å². The molecule has 4 nitrogen and oxygen atoms in total. The van der Waals surface area contributed by atoms with E-state index in [9.17, 15) is 0 Å². The fraction of sp³-hybridized carbons (Fsp3) is 0.882. The van der Waals surface area contributed by atoms with Gasteiger partial charge in [-0.05, 0) is 44.6 Å². The summed E-state index contributed by atoms with van der Waals surface area (Å²) in [7, 11) is 0. The molecule has 0 aliphatic heterocycles. The summed E-state index contributed by atoms with van der Waals surface area (Å²) < 4.78 is 6.14. The number of aromatic nitrogens is 2. The highest BCUT2D eigenvalue weighted by Gasteiger charge is 2.41. The lowest BCUT2D eigenvalue weighted by Gasteiger charge is -2.26. The minimum atomic E-state index is 0.141. The third-order valence-corrected chi connectivity index (χ3v) is 4.60. The van der Waals surface area contributed by atoms with E-state index in [2.05, 4.69) is 43.2 Å². The first-order chi connectivity index (χ1) is 10.1. The topological polar surface area (TPSA) is 51.0 Å². The van der Waals surface area contributed by atoms with Gasteiger partial charge in [-0.25, -0.2) is 0 Å². The number of nitrogens with zero attached hydrogens (tertiary/aromatic N) is 2. The molecule has 1 aliphatic rings. The Labute approximate surface area is 129 Å². The van der Waals surface area contributed by atoms with E-state index in [1.54, 1.807) is 0 Å². The van der Waals surface area contributed by atoms with Gasteiger partial charge in [-0.1, -0.05) is 40.5 Å². The van der Waals surface area contributed by atoms with Crippen molar-refractivity contribution in [2.45, 2.75) is 84.1 Å². The van der Waals surface area contributed by atoms with Crippen LogP contribution in [0, 0.1) is 5.92 Å². The molecule has 0 radical (unpaired) electrons. The second-order valence-electron chi connectivity index (χ2n) is 6.95. The molecule has 0 bridgehead atoms. The maximum atomic E-state index is 6.14. The van der Waals surface area contributed by atoms with Crippen molar-refractivity contribution in [1.82, 2.24) is 15.5 Å². The fourth-order valence-corrected chi connectivity index (χ4v) is 3.65. The predicted molar refractivity (Wildman–Crippen MR) is 85.2 cm³/mol. The van der Waals surface area contributed by atoms with Crippen molar-refractivity contribution in [2.24, 2.45) is 5.92 Å². The standard InChI is InChI=1S/C17H31N3O/c1-5-11-18-14(6-2)15-19-20-16(21-15)17(12-13(3)4)9-7-8-10-17/h13-14,18H,5-12H2,1-4H3. The van der Waals surface area contributed by atoms with Crippen LogP contribution in [-0.4, -0.2) is 16.7 Å². The molecule has 2 rings (SSSR count). The van der Waals surface area contributed by atoms with Crippen molar-refractivity contribution in [1.29, 1.82) is 0 Å². The number of nitrogens with one attached hydrogen (secondary N) is 1. The molecule has 4 heteroatoms. The second-order valence-corrected chi connectivity index (χ2v) is 6.95. The number of rotatable bonds is 8. The highest BCUT2D eigenvalue weighted by Crippen LogP contribution is 2.45. The molecule has 0 aromatic carbocycles. The molecule has 0 spiro atoms. The van der Waals surface area contributed by atoms with E-state index in [-0.39, 0.29) is 11.5 Å². The largest absolute Gasteiger partial charge is 0.423 e. The predicted octanol–water partition coefficient (Wildman–Crippen LogP) is 4.38. The summed E-state index contributed by atoms with van der Waals surface area (Å²) in [6.07, 6.45) is 8.24. The highest BCUT2D eigenvalue weighted by atomic mass is 16.4. The maximum absolute atomic E-state index is 6.14. The van der Waals surface area contributed by atoms with Gasteiger partial charge in [-0.2, -0.15) is 0 Å². The van der Waals surface area contributed by atoms with Crippen LogP contribution in [0.25, 0.3) is 0 Å². The van der Waals surface area contributed by atoms with Gasteiger partial charge in [0.15, 0.2) is 0 Å². The van der Waals surface area contributed by atoms with Gasteiger partial charge in [0, 0.05) is 5.41 Å². The molecule has 1 aromatic heterocycles. The Kier molecular flexibility index (Phi) is 5.80. The van der Waals surface area contributed by atoms with Gasteiger partial charge in [0.05, 0.1) is 6.04 Å². The van der Waals surface area contributed by atoms with Crippen LogP contribution in [0.4, 0.5) is 0 Å². The number of hydrogen-bond donors (Lipinski definition) is 1. The first kappa shape index (κ1) is 16.5. The quantitative estimate of drug-likeness (QED) is 0.773. The molecule has 120 valence electrons. The summed E-state index contributed by atoms with van der Waals surface area (Å²) in [5, 5.41) is 12.3. The van der Waals surface area contributed by atoms with Crippen molar-refractivity contribution < 1.29 is 4.42 Å². The zero-order chi connectivity index (χ0) is 15.3. The molecule has 0 saturated heterocycles. The molecular weight excluding hydrogens is 262 g/mol. The lowest BCUT2D eigenvalue weighted by Crippen LogP contribution is -2.25. The van der Waals surface area contributed by atoms with Gasteiger partial charge in [0.25, 0.3) is 0 Å².